The van der Waals surface area contributed by atoms with E-state index in [1.807, 2.05) is 6.92 Å². The van der Waals surface area contributed by atoms with Crippen molar-refractivity contribution in [2.24, 2.45) is 5.73 Å². The molecule has 33 heavy (non-hydrogen) atoms. The van der Waals surface area contributed by atoms with Crippen LogP contribution in [0.1, 0.15) is 49.1 Å². The molecule has 0 fully saturated rings. The SMILES string of the molecule is Cc1nn(Cc2ccc(F)cc2)c(C)c1NC(=O)c1cc(C(N)=O)nc2c1CC(Cl)C=C2Cl. The molecule has 7 nitrogen and oxygen atoms in total. The normalized spacial score (nSPS) is 15.1. The lowest BCUT2D eigenvalue weighted by Crippen LogP contribution is -2.23. The maximum Gasteiger partial charge on any atom is 0.267 e. The zero-order valence-electron chi connectivity index (χ0n) is 17.8. The van der Waals surface area contributed by atoms with E-state index in [-0.39, 0.29) is 22.1 Å². The zero-order chi connectivity index (χ0) is 23.9. The second-order valence-corrected chi connectivity index (χ2v) is 8.73. The molecule has 2 amide bonds. The van der Waals surface area contributed by atoms with Gasteiger partial charge < -0.3 is 11.1 Å². The Hall–Kier alpha value is -3.23. The Kier molecular flexibility index (Phi) is 6.23. The summed E-state index contributed by atoms with van der Waals surface area (Å²) in [6.07, 6.45) is 1.93. The number of aromatic nitrogens is 3. The van der Waals surface area contributed by atoms with Crippen LogP contribution in [0.3, 0.4) is 0 Å². The molecule has 3 aromatic rings. The summed E-state index contributed by atoms with van der Waals surface area (Å²) in [6, 6.07) is 7.48. The standard InChI is InChI=1S/C23H20Cl2FN5O2/c1-11-20(12(2)31(30-11)10-13-3-5-15(26)6-4-13)29-23(33)17-9-19(22(27)32)28-21-16(17)7-14(24)8-18(21)25/h3-6,8-9,14H,7,10H2,1-2H3,(H2,27,32)(H,29,33). The molecule has 0 spiro atoms. The number of allylic oxidation sites excluding steroid dienone is 1. The molecule has 1 aromatic carbocycles. The van der Waals surface area contributed by atoms with Crippen LogP contribution >= 0.6 is 23.2 Å². The van der Waals surface area contributed by atoms with Gasteiger partial charge in [-0.3, -0.25) is 14.3 Å². The number of primary amides is 1. The van der Waals surface area contributed by atoms with Crippen molar-refractivity contribution in [3.8, 4) is 0 Å². The molecule has 0 radical (unpaired) electrons. The van der Waals surface area contributed by atoms with E-state index in [1.54, 1.807) is 29.8 Å². The molecule has 4 rings (SSSR count). The Balaban J connectivity index is 1.68. The molecule has 1 unspecified atom stereocenters. The number of amides is 2. The van der Waals surface area contributed by atoms with Gasteiger partial charge in [0.05, 0.1) is 39.7 Å². The Bertz CT molecular complexity index is 1300. The number of benzene rings is 1. The van der Waals surface area contributed by atoms with Gasteiger partial charge >= 0.3 is 0 Å². The monoisotopic (exact) mass is 487 g/mol. The third-order valence-electron chi connectivity index (χ3n) is 5.44. The summed E-state index contributed by atoms with van der Waals surface area (Å²) < 4.78 is 14.9. The predicted octanol–water partition coefficient (Wildman–Crippen LogP) is 4.18. The number of nitrogens with two attached hydrogens (primary N) is 1. The maximum atomic E-state index is 13.3. The average molecular weight is 488 g/mol. The summed E-state index contributed by atoms with van der Waals surface area (Å²) in [4.78, 5) is 29.3. The van der Waals surface area contributed by atoms with Gasteiger partial charge in [0, 0.05) is 5.56 Å². The number of hydrogen-bond acceptors (Lipinski definition) is 4. The van der Waals surface area contributed by atoms with Gasteiger partial charge in [0.2, 0.25) is 0 Å². The van der Waals surface area contributed by atoms with Gasteiger partial charge in [0.25, 0.3) is 11.8 Å². The van der Waals surface area contributed by atoms with Crippen LogP contribution in [-0.2, 0) is 13.0 Å². The minimum absolute atomic E-state index is 0.0704. The number of anilines is 1. The maximum absolute atomic E-state index is 13.3. The van der Waals surface area contributed by atoms with Crippen LogP contribution in [-0.4, -0.2) is 32.0 Å². The lowest BCUT2D eigenvalue weighted by atomic mass is 9.95. The topological polar surface area (TPSA) is 103 Å². The first-order chi connectivity index (χ1) is 15.6. The van der Waals surface area contributed by atoms with Crippen LogP contribution in [0.25, 0.3) is 5.03 Å². The van der Waals surface area contributed by atoms with Crippen molar-refractivity contribution in [2.45, 2.75) is 32.2 Å². The van der Waals surface area contributed by atoms with E-state index in [0.717, 1.165) is 11.3 Å². The van der Waals surface area contributed by atoms with Crippen molar-refractivity contribution in [3.05, 3.63) is 81.7 Å². The Labute approximate surface area is 199 Å². The molecule has 1 atom stereocenters. The number of carbonyl (C=O) groups is 2. The van der Waals surface area contributed by atoms with Gasteiger partial charge in [-0.2, -0.15) is 5.10 Å². The second kappa shape index (κ2) is 8.96. The summed E-state index contributed by atoms with van der Waals surface area (Å²) in [6.45, 7) is 4.01. The number of nitrogens with zero attached hydrogens (tertiary/aromatic N) is 3. The molecule has 2 aromatic heterocycles. The first-order valence-corrected chi connectivity index (χ1v) is 10.9. The van der Waals surface area contributed by atoms with E-state index < -0.39 is 17.2 Å². The molecule has 0 bridgehead atoms. The smallest absolute Gasteiger partial charge is 0.267 e. The van der Waals surface area contributed by atoms with Crippen molar-refractivity contribution in [1.82, 2.24) is 14.8 Å². The highest BCUT2D eigenvalue weighted by molar-refractivity contribution is 6.49. The van der Waals surface area contributed by atoms with E-state index in [4.69, 9.17) is 28.9 Å². The second-order valence-electron chi connectivity index (χ2n) is 7.77. The number of carbonyl (C=O) groups excluding carboxylic acids is 2. The summed E-state index contributed by atoms with van der Waals surface area (Å²) in [5.41, 5.74) is 9.15. The minimum atomic E-state index is -0.774. The van der Waals surface area contributed by atoms with Gasteiger partial charge in [-0.05, 0) is 55.7 Å². The van der Waals surface area contributed by atoms with Gasteiger partial charge in [-0.25, -0.2) is 9.37 Å². The predicted molar refractivity (Wildman–Crippen MR) is 125 cm³/mol. The average Bonchev–Trinajstić information content (AvgIpc) is 3.01. The molecular weight excluding hydrogens is 468 g/mol. The molecule has 0 saturated heterocycles. The number of fused-ring (bicyclic) bond motifs is 1. The molecule has 10 heteroatoms. The fourth-order valence-electron chi connectivity index (χ4n) is 3.77. The fourth-order valence-corrected chi connectivity index (χ4v) is 4.42. The van der Waals surface area contributed by atoms with Crippen LogP contribution in [0.2, 0.25) is 0 Å². The first kappa shape index (κ1) is 22.9. The van der Waals surface area contributed by atoms with Crippen LogP contribution in [0.4, 0.5) is 10.1 Å². The van der Waals surface area contributed by atoms with E-state index in [9.17, 15) is 14.0 Å². The Morgan fingerprint density at radius 1 is 1.27 bits per heavy atom. The van der Waals surface area contributed by atoms with Crippen LogP contribution < -0.4 is 11.1 Å². The number of pyridine rings is 1. The van der Waals surface area contributed by atoms with Gasteiger partial charge in [-0.15, -0.1) is 11.6 Å². The van der Waals surface area contributed by atoms with Gasteiger partial charge in [0.15, 0.2) is 0 Å². The number of halogens is 3. The van der Waals surface area contributed by atoms with E-state index in [0.29, 0.717) is 35.6 Å². The van der Waals surface area contributed by atoms with Crippen molar-refractivity contribution >= 4 is 45.7 Å². The summed E-state index contributed by atoms with van der Waals surface area (Å²) >= 11 is 12.6. The van der Waals surface area contributed by atoms with E-state index in [2.05, 4.69) is 15.4 Å². The highest BCUT2D eigenvalue weighted by atomic mass is 35.5. The third-order valence-corrected chi connectivity index (χ3v) is 6.02. The summed E-state index contributed by atoms with van der Waals surface area (Å²) in [7, 11) is 0. The molecule has 3 N–H and O–H groups in total. The van der Waals surface area contributed by atoms with Crippen LogP contribution in [0.15, 0.2) is 36.4 Å². The lowest BCUT2D eigenvalue weighted by molar-refractivity contribution is 0.0995. The minimum Gasteiger partial charge on any atom is -0.364 e. The van der Waals surface area contributed by atoms with E-state index in [1.165, 1.54) is 18.2 Å². The summed E-state index contributed by atoms with van der Waals surface area (Å²) in [5, 5.41) is 7.23. The largest absolute Gasteiger partial charge is 0.364 e. The van der Waals surface area contributed by atoms with Crippen LogP contribution in [0, 0.1) is 19.7 Å². The lowest BCUT2D eigenvalue weighted by Gasteiger charge is -2.20. The molecule has 0 saturated carbocycles. The fraction of sp³-hybridized carbons (Fsp3) is 0.217. The molecule has 2 heterocycles. The number of nitrogens with one attached hydrogen (secondary N) is 1. The number of rotatable bonds is 5. The number of alkyl halides is 1. The molecule has 0 aliphatic heterocycles. The van der Waals surface area contributed by atoms with Gasteiger partial charge in [-0.1, -0.05) is 23.7 Å². The molecular formula is C23H20Cl2FN5O2. The van der Waals surface area contributed by atoms with Crippen molar-refractivity contribution in [3.63, 3.8) is 0 Å². The third kappa shape index (κ3) is 4.62. The Morgan fingerprint density at radius 2 is 1.97 bits per heavy atom. The molecule has 1 aliphatic rings. The number of aryl methyl sites for hydroxylation is 1. The van der Waals surface area contributed by atoms with Crippen molar-refractivity contribution < 1.29 is 14.0 Å². The van der Waals surface area contributed by atoms with Crippen molar-refractivity contribution in [2.75, 3.05) is 5.32 Å². The Morgan fingerprint density at radius 3 is 2.64 bits per heavy atom. The molecule has 1 aliphatic carbocycles. The van der Waals surface area contributed by atoms with Crippen LogP contribution in [0.5, 0.6) is 0 Å². The highest BCUT2D eigenvalue weighted by Crippen LogP contribution is 2.33. The highest BCUT2D eigenvalue weighted by Gasteiger charge is 2.27. The van der Waals surface area contributed by atoms with Gasteiger partial charge in [0.1, 0.15) is 11.5 Å². The van der Waals surface area contributed by atoms with E-state index >= 15 is 0 Å². The molecule has 170 valence electrons. The number of hydrogen-bond donors (Lipinski definition) is 2. The zero-order valence-corrected chi connectivity index (χ0v) is 19.3. The van der Waals surface area contributed by atoms with Crippen molar-refractivity contribution in [1.29, 1.82) is 0 Å². The first-order valence-electron chi connectivity index (χ1n) is 10.1. The summed E-state index contributed by atoms with van der Waals surface area (Å²) in [5.74, 6) is -1.55. The quantitative estimate of drug-likeness (QED) is 0.526.